The minimum Gasteiger partial charge on any atom is -0.481 e. The van der Waals surface area contributed by atoms with Crippen molar-refractivity contribution in [2.24, 2.45) is 5.92 Å². The number of hydrogen-bond donors (Lipinski definition) is 1. The predicted octanol–water partition coefficient (Wildman–Crippen LogP) is 1.39. The van der Waals surface area contributed by atoms with E-state index in [1.165, 1.54) is 0 Å². The average molecular weight is 235 g/mol. The molecule has 0 aliphatic carbocycles. The van der Waals surface area contributed by atoms with Crippen LogP contribution in [0.2, 0.25) is 0 Å². The normalized spacial score (nSPS) is 19.6. The van der Waals surface area contributed by atoms with Crippen LogP contribution in [0.4, 0.5) is 5.82 Å². The number of carboxylic acids is 1. The van der Waals surface area contributed by atoms with Crippen LogP contribution >= 0.6 is 0 Å². The first kappa shape index (κ1) is 11.8. The number of aromatic nitrogens is 2. The highest BCUT2D eigenvalue weighted by Gasteiger charge is 2.26. The maximum atomic E-state index is 10.7. The SMILES string of the molecule is Cc1cnc(C)c(N2CCC(CC(=O)O)C2)n1. The minimum atomic E-state index is -0.719. The summed E-state index contributed by atoms with van der Waals surface area (Å²) in [6, 6.07) is 0. The summed E-state index contributed by atoms with van der Waals surface area (Å²) in [7, 11) is 0. The molecule has 5 heteroatoms. The van der Waals surface area contributed by atoms with Crippen LogP contribution in [0.15, 0.2) is 6.20 Å². The summed E-state index contributed by atoms with van der Waals surface area (Å²) in [5, 5.41) is 8.78. The largest absolute Gasteiger partial charge is 0.481 e. The van der Waals surface area contributed by atoms with Crippen molar-refractivity contribution < 1.29 is 9.90 Å². The fraction of sp³-hybridized carbons (Fsp3) is 0.583. The number of aryl methyl sites for hydroxylation is 2. The van der Waals surface area contributed by atoms with Gasteiger partial charge in [0.05, 0.1) is 11.4 Å². The number of carbonyl (C=O) groups is 1. The third-order valence-corrected chi connectivity index (χ3v) is 3.10. The van der Waals surface area contributed by atoms with Gasteiger partial charge >= 0.3 is 5.97 Å². The van der Waals surface area contributed by atoms with E-state index in [2.05, 4.69) is 14.9 Å². The molecule has 1 aliphatic rings. The third kappa shape index (κ3) is 2.72. The number of carboxylic acid groups (broad SMARTS) is 1. The van der Waals surface area contributed by atoms with Crippen molar-refractivity contribution in [2.75, 3.05) is 18.0 Å². The van der Waals surface area contributed by atoms with Crippen molar-refractivity contribution in [1.82, 2.24) is 9.97 Å². The Morgan fingerprint density at radius 1 is 1.59 bits per heavy atom. The molecular weight excluding hydrogens is 218 g/mol. The van der Waals surface area contributed by atoms with Gasteiger partial charge in [0.15, 0.2) is 0 Å². The van der Waals surface area contributed by atoms with E-state index in [1.807, 2.05) is 13.8 Å². The molecule has 2 heterocycles. The highest BCUT2D eigenvalue weighted by molar-refractivity contribution is 5.67. The van der Waals surface area contributed by atoms with E-state index in [0.29, 0.717) is 0 Å². The van der Waals surface area contributed by atoms with Gasteiger partial charge in [-0.2, -0.15) is 0 Å². The lowest BCUT2D eigenvalue weighted by Gasteiger charge is -2.19. The Morgan fingerprint density at radius 2 is 2.35 bits per heavy atom. The Labute approximate surface area is 100 Å². The van der Waals surface area contributed by atoms with Crippen LogP contribution in [0.3, 0.4) is 0 Å². The van der Waals surface area contributed by atoms with Gasteiger partial charge < -0.3 is 10.0 Å². The fourth-order valence-corrected chi connectivity index (χ4v) is 2.26. The first-order valence-corrected chi connectivity index (χ1v) is 5.83. The van der Waals surface area contributed by atoms with Crippen LogP contribution in [0.5, 0.6) is 0 Å². The lowest BCUT2D eigenvalue weighted by Crippen LogP contribution is -2.23. The molecule has 1 fully saturated rings. The Hall–Kier alpha value is -1.65. The predicted molar refractivity (Wildman–Crippen MR) is 64.1 cm³/mol. The number of anilines is 1. The Bertz CT molecular complexity index is 434. The first-order chi connectivity index (χ1) is 8.06. The monoisotopic (exact) mass is 235 g/mol. The summed E-state index contributed by atoms with van der Waals surface area (Å²) < 4.78 is 0. The van der Waals surface area contributed by atoms with Crippen molar-refractivity contribution >= 4 is 11.8 Å². The van der Waals surface area contributed by atoms with Crippen molar-refractivity contribution in [3.8, 4) is 0 Å². The summed E-state index contributed by atoms with van der Waals surface area (Å²) in [5.74, 6) is 0.413. The van der Waals surface area contributed by atoms with Gasteiger partial charge in [-0.3, -0.25) is 9.78 Å². The molecule has 1 atom stereocenters. The second-order valence-electron chi connectivity index (χ2n) is 4.62. The molecule has 0 amide bonds. The first-order valence-electron chi connectivity index (χ1n) is 5.83. The Balaban J connectivity index is 2.09. The molecule has 0 spiro atoms. The quantitative estimate of drug-likeness (QED) is 0.857. The molecule has 2 rings (SSSR count). The van der Waals surface area contributed by atoms with E-state index < -0.39 is 5.97 Å². The molecule has 92 valence electrons. The maximum absolute atomic E-state index is 10.7. The van der Waals surface area contributed by atoms with Crippen LogP contribution in [0, 0.1) is 19.8 Å². The van der Waals surface area contributed by atoms with E-state index >= 15 is 0 Å². The fourth-order valence-electron chi connectivity index (χ4n) is 2.26. The van der Waals surface area contributed by atoms with Crippen LogP contribution < -0.4 is 4.90 Å². The topological polar surface area (TPSA) is 66.3 Å². The lowest BCUT2D eigenvalue weighted by molar-refractivity contribution is -0.137. The maximum Gasteiger partial charge on any atom is 0.303 e. The second-order valence-corrected chi connectivity index (χ2v) is 4.62. The molecule has 1 aromatic heterocycles. The van der Waals surface area contributed by atoms with Crippen molar-refractivity contribution in [3.63, 3.8) is 0 Å². The summed E-state index contributed by atoms with van der Waals surface area (Å²) in [4.78, 5) is 21.6. The molecule has 1 aromatic rings. The molecule has 5 nitrogen and oxygen atoms in total. The highest BCUT2D eigenvalue weighted by atomic mass is 16.4. The summed E-state index contributed by atoms with van der Waals surface area (Å²) in [6.07, 6.45) is 2.92. The van der Waals surface area contributed by atoms with Crippen LogP contribution in [-0.4, -0.2) is 34.1 Å². The van der Waals surface area contributed by atoms with Gasteiger partial charge in [-0.25, -0.2) is 4.98 Å². The molecule has 1 aliphatic heterocycles. The molecule has 0 bridgehead atoms. The zero-order valence-electron chi connectivity index (χ0n) is 10.2. The standard InChI is InChI=1S/C12H17N3O2/c1-8-6-13-9(2)12(14-8)15-4-3-10(7-15)5-11(16)17/h6,10H,3-5,7H2,1-2H3,(H,16,17). The summed E-state index contributed by atoms with van der Waals surface area (Å²) in [5.41, 5.74) is 1.80. The summed E-state index contributed by atoms with van der Waals surface area (Å²) >= 11 is 0. The van der Waals surface area contributed by atoms with Gasteiger partial charge in [-0.1, -0.05) is 0 Å². The number of aliphatic carboxylic acids is 1. The van der Waals surface area contributed by atoms with Gasteiger partial charge in [0.25, 0.3) is 0 Å². The molecule has 0 radical (unpaired) electrons. The molecule has 1 unspecified atom stereocenters. The van der Waals surface area contributed by atoms with E-state index in [-0.39, 0.29) is 12.3 Å². The Kier molecular flexibility index (Phi) is 3.26. The number of rotatable bonds is 3. The van der Waals surface area contributed by atoms with E-state index in [9.17, 15) is 4.79 Å². The van der Waals surface area contributed by atoms with E-state index in [4.69, 9.17) is 5.11 Å². The van der Waals surface area contributed by atoms with Crippen molar-refractivity contribution in [2.45, 2.75) is 26.7 Å². The van der Waals surface area contributed by atoms with Crippen molar-refractivity contribution in [1.29, 1.82) is 0 Å². The smallest absolute Gasteiger partial charge is 0.303 e. The van der Waals surface area contributed by atoms with E-state index in [0.717, 1.165) is 36.7 Å². The third-order valence-electron chi connectivity index (χ3n) is 3.10. The Morgan fingerprint density at radius 3 is 3.06 bits per heavy atom. The van der Waals surface area contributed by atoms with Crippen LogP contribution in [0.1, 0.15) is 24.2 Å². The van der Waals surface area contributed by atoms with Gasteiger partial charge in [0.1, 0.15) is 5.82 Å². The molecule has 0 saturated carbocycles. The lowest BCUT2D eigenvalue weighted by atomic mass is 10.1. The van der Waals surface area contributed by atoms with Gasteiger partial charge in [0.2, 0.25) is 0 Å². The zero-order valence-corrected chi connectivity index (χ0v) is 10.2. The molecular formula is C12H17N3O2. The van der Waals surface area contributed by atoms with Gasteiger partial charge in [-0.15, -0.1) is 0 Å². The van der Waals surface area contributed by atoms with Gasteiger partial charge in [-0.05, 0) is 26.2 Å². The van der Waals surface area contributed by atoms with Crippen LogP contribution in [0.25, 0.3) is 0 Å². The zero-order chi connectivity index (χ0) is 12.4. The minimum absolute atomic E-state index is 0.231. The van der Waals surface area contributed by atoms with Crippen LogP contribution in [-0.2, 0) is 4.79 Å². The number of nitrogens with zero attached hydrogens (tertiary/aromatic N) is 3. The van der Waals surface area contributed by atoms with Gasteiger partial charge in [0, 0.05) is 25.7 Å². The molecule has 0 aromatic carbocycles. The average Bonchev–Trinajstić information content (AvgIpc) is 2.69. The molecule has 1 saturated heterocycles. The number of hydrogen-bond acceptors (Lipinski definition) is 4. The highest BCUT2D eigenvalue weighted by Crippen LogP contribution is 2.25. The van der Waals surface area contributed by atoms with Crippen molar-refractivity contribution in [3.05, 3.63) is 17.6 Å². The van der Waals surface area contributed by atoms with E-state index in [1.54, 1.807) is 6.20 Å². The summed E-state index contributed by atoms with van der Waals surface area (Å²) in [6.45, 7) is 5.50. The molecule has 1 N–H and O–H groups in total. The molecule has 17 heavy (non-hydrogen) atoms. The second kappa shape index (κ2) is 4.69.